The van der Waals surface area contributed by atoms with Gasteiger partial charge in [-0.15, -0.1) is 0 Å². The lowest BCUT2D eigenvalue weighted by molar-refractivity contribution is -0.119. The lowest BCUT2D eigenvalue weighted by atomic mass is 10.1. The van der Waals surface area contributed by atoms with Crippen LogP contribution in [0.15, 0.2) is 66.7 Å². The summed E-state index contributed by atoms with van der Waals surface area (Å²) in [4.78, 5) is 11.2. The second kappa shape index (κ2) is 10.4. The van der Waals surface area contributed by atoms with Crippen molar-refractivity contribution in [3.05, 3.63) is 83.7 Å². The molecule has 33 heavy (non-hydrogen) atoms. The SMILES string of the molecule is CC(=O)NC(C)c1ccc(COc2ccc(Oc3cccc(OCC4CC4)c3)cc2F)cc1. The lowest BCUT2D eigenvalue weighted by Gasteiger charge is -2.14. The third-order valence-electron chi connectivity index (χ3n) is 5.42. The first-order chi connectivity index (χ1) is 16.0. The quantitative estimate of drug-likeness (QED) is 0.401. The zero-order valence-electron chi connectivity index (χ0n) is 18.8. The first-order valence-corrected chi connectivity index (χ1v) is 11.2. The maximum atomic E-state index is 14.6. The van der Waals surface area contributed by atoms with Crippen LogP contribution in [0.3, 0.4) is 0 Å². The van der Waals surface area contributed by atoms with Crippen LogP contribution in [0.1, 0.15) is 43.9 Å². The van der Waals surface area contributed by atoms with Crippen LogP contribution >= 0.6 is 0 Å². The molecule has 0 aromatic heterocycles. The van der Waals surface area contributed by atoms with Crippen LogP contribution in [0.5, 0.6) is 23.0 Å². The minimum absolute atomic E-state index is 0.0760. The Balaban J connectivity index is 1.32. The minimum atomic E-state index is -0.496. The van der Waals surface area contributed by atoms with Crippen molar-refractivity contribution in [2.75, 3.05) is 6.61 Å². The summed E-state index contributed by atoms with van der Waals surface area (Å²) in [5, 5.41) is 2.84. The van der Waals surface area contributed by atoms with Gasteiger partial charge in [-0.1, -0.05) is 30.3 Å². The molecular weight excluding hydrogens is 421 g/mol. The Morgan fingerprint density at radius 3 is 2.42 bits per heavy atom. The Morgan fingerprint density at radius 2 is 1.73 bits per heavy atom. The number of carbonyl (C=O) groups excluding carboxylic acids is 1. The van der Waals surface area contributed by atoms with Gasteiger partial charge in [0.05, 0.1) is 12.6 Å². The number of amides is 1. The predicted molar refractivity (Wildman–Crippen MR) is 124 cm³/mol. The Bertz CT molecular complexity index is 1100. The van der Waals surface area contributed by atoms with E-state index in [0.717, 1.165) is 23.5 Å². The highest BCUT2D eigenvalue weighted by Gasteiger charge is 2.21. The summed E-state index contributed by atoms with van der Waals surface area (Å²) in [5.74, 6) is 1.97. The van der Waals surface area contributed by atoms with Crippen LogP contribution in [-0.4, -0.2) is 12.5 Å². The van der Waals surface area contributed by atoms with Gasteiger partial charge >= 0.3 is 0 Å². The Labute approximate surface area is 193 Å². The molecule has 0 saturated heterocycles. The zero-order valence-corrected chi connectivity index (χ0v) is 18.8. The molecule has 1 atom stereocenters. The lowest BCUT2D eigenvalue weighted by Crippen LogP contribution is -2.23. The molecule has 6 heteroatoms. The van der Waals surface area contributed by atoms with E-state index < -0.39 is 5.82 Å². The highest BCUT2D eigenvalue weighted by Crippen LogP contribution is 2.32. The summed E-state index contributed by atoms with van der Waals surface area (Å²) in [6, 6.07) is 19.5. The van der Waals surface area contributed by atoms with E-state index in [-0.39, 0.29) is 24.3 Å². The first kappa shape index (κ1) is 22.6. The number of rotatable bonds is 10. The van der Waals surface area contributed by atoms with Crippen molar-refractivity contribution < 1.29 is 23.4 Å². The van der Waals surface area contributed by atoms with Gasteiger partial charge in [0, 0.05) is 19.1 Å². The Hall–Kier alpha value is -3.54. The molecule has 1 saturated carbocycles. The molecule has 0 spiro atoms. The molecule has 0 radical (unpaired) electrons. The van der Waals surface area contributed by atoms with Gasteiger partial charge in [-0.2, -0.15) is 0 Å². The maximum absolute atomic E-state index is 14.6. The summed E-state index contributed by atoms with van der Waals surface area (Å²) in [5.41, 5.74) is 1.89. The normalized spacial score (nSPS) is 13.8. The molecule has 1 amide bonds. The fraction of sp³-hybridized carbons (Fsp3) is 0.296. The van der Waals surface area contributed by atoms with E-state index in [1.807, 2.05) is 49.4 Å². The van der Waals surface area contributed by atoms with Gasteiger partial charge in [0.2, 0.25) is 5.91 Å². The van der Waals surface area contributed by atoms with Gasteiger partial charge in [-0.05, 0) is 61.1 Å². The van der Waals surface area contributed by atoms with Crippen molar-refractivity contribution >= 4 is 5.91 Å². The van der Waals surface area contributed by atoms with E-state index in [0.29, 0.717) is 17.4 Å². The van der Waals surface area contributed by atoms with E-state index in [9.17, 15) is 9.18 Å². The molecule has 0 bridgehead atoms. The van der Waals surface area contributed by atoms with Gasteiger partial charge < -0.3 is 19.5 Å². The van der Waals surface area contributed by atoms with E-state index in [4.69, 9.17) is 14.2 Å². The number of hydrogen-bond donors (Lipinski definition) is 1. The Kier molecular flexibility index (Phi) is 7.13. The number of carbonyl (C=O) groups is 1. The predicted octanol–water partition coefficient (Wildman–Crippen LogP) is 6.18. The number of hydrogen-bond acceptors (Lipinski definition) is 4. The number of halogens is 1. The largest absolute Gasteiger partial charge is 0.493 e. The standard InChI is InChI=1S/C27H28FNO4/c1-18(29-19(2)30)22-10-8-21(9-11-22)17-32-27-13-12-25(15-26(27)28)33-24-5-3-4-23(14-24)31-16-20-6-7-20/h3-5,8-15,18,20H,6-7,16-17H2,1-2H3,(H,29,30). The molecule has 3 aromatic carbocycles. The molecule has 0 aliphatic heterocycles. The van der Waals surface area contributed by atoms with E-state index in [2.05, 4.69) is 5.32 Å². The highest BCUT2D eigenvalue weighted by atomic mass is 19.1. The van der Waals surface area contributed by atoms with Crippen molar-refractivity contribution in [3.63, 3.8) is 0 Å². The average molecular weight is 450 g/mol. The smallest absolute Gasteiger partial charge is 0.217 e. The second-order valence-corrected chi connectivity index (χ2v) is 8.38. The van der Waals surface area contributed by atoms with Gasteiger partial charge in [0.25, 0.3) is 0 Å². The Morgan fingerprint density at radius 1 is 1.00 bits per heavy atom. The van der Waals surface area contributed by atoms with Gasteiger partial charge in [0.15, 0.2) is 11.6 Å². The molecular formula is C27H28FNO4. The highest BCUT2D eigenvalue weighted by molar-refractivity contribution is 5.73. The molecule has 1 unspecified atom stereocenters. The van der Waals surface area contributed by atoms with E-state index in [1.165, 1.54) is 25.8 Å². The second-order valence-electron chi connectivity index (χ2n) is 8.38. The van der Waals surface area contributed by atoms with Crippen molar-refractivity contribution in [2.24, 2.45) is 5.92 Å². The average Bonchev–Trinajstić information content (AvgIpc) is 3.62. The first-order valence-electron chi connectivity index (χ1n) is 11.2. The van der Waals surface area contributed by atoms with Crippen LogP contribution in [0.2, 0.25) is 0 Å². The van der Waals surface area contributed by atoms with Crippen molar-refractivity contribution in [1.82, 2.24) is 5.32 Å². The van der Waals surface area contributed by atoms with Crippen molar-refractivity contribution in [1.29, 1.82) is 0 Å². The minimum Gasteiger partial charge on any atom is -0.493 e. The summed E-state index contributed by atoms with van der Waals surface area (Å²) in [7, 11) is 0. The van der Waals surface area contributed by atoms with Gasteiger partial charge in [-0.3, -0.25) is 4.79 Å². The molecule has 1 N–H and O–H groups in total. The van der Waals surface area contributed by atoms with Crippen LogP contribution in [0, 0.1) is 11.7 Å². The number of nitrogens with one attached hydrogen (secondary N) is 1. The van der Waals surface area contributed by atoms with E-state index >= 15 is 0 Å². The molecule has 0 heterocycles. The van der Waals surface area contributed by atoms with Crippen LogP contribution < -0.4 is 19.5 Å². The number of benzene rings is 3. The van der Waals surface area contributed by atoms with Crippen LogP contribution in [0.25, 0.3) is 0 Å². The topological polar surface area (TPSA) is 56.8 Å². The molecule has 1 aliphatic carbocycles. The molecule has 172 valence electrons. The van der Waals surface area contributed by atoms with Crippen LogP contribution in [0.4, 0.5) is 4.39 Å². The molecule has 3 aromatic rings. The fourth-order valence-electron chi connectivity index (χ4n) is 3.38. The van der Waals surface area contributed by atoms with Crippen LogP contribution in [-0.2, 0) is 11.4 Å². The molecule has 5 nitrogen and oxygen atoms in total. The zero-order chi connectivity index (χ0) is 23.2. The molecule has 4 rings (SSSR count). The summed E-state index contributed by atoms with van der Waals surface area (Å²) in [6.45, 7) is 4.36. The summed E-state index contributed by atoms with van der Waals surface area (Å²) < 4.78 is 31.8. The van der Waals surface area contributed by atoms with Crippen molar-refractivity contribution in [2.45, 2.75) is 39.3 Å². The number of ether oxygens (including phenoxy) is 3. The monoisotopic (exact) mass is 449 g/mol. The van der Waals surface area contributed by atoms with E-state index in [1.54, 1.807) is 18.2 Å². The molecule has 1 fully saturated rings. The van der Waals surface area contributed by atoms with Gasteiger partial charge in [-0.25, -0.2) is 4.39 Å². The molecule has 1 aliphatic rings. The maximum Gasteiger partial charge on any atom is 0.217 e. The third-order valence-corrected chi connectivity index (χ3v) is 5.42. The summed E-state index contributed by atoms with van der Waals surface area (Å²) in [6.07, 6.45) is 2.46. The summed E-state index contributed by atoms with van der Waals surface area (Å²) >= 11 is 0. The van der Waals surface area contributed by atoms with Crippen molar-refractivity contribution in [3.8, 4) is 23.0 Å². The van der Waals surface area contributed by atoms with Gasteiger partial charge in [0.1, 0.15) is 23.9 Å². The fourth-order valence-corrected chi connectivity index (χ4v) is 3.38. The third kappa shape index (κ3) is 6.72.